The number of carboxylic acid groups (broad SMARTS) is 1. The van der Waals surface area contributed by atoms with Gasteiger partial charge in [-0.2, -0.15) is 16.4 Å². The molecule has 0 unspecified atom stereocenters. The molecule has 2 heterocycles. The molecule has 0 aliphatic carbocycles. The highest BCUT2D eigenvalue weighted by molar-refractivity contribution is 7.08. The molecular weight excluding hydrogens is 310 g/mol. The monoisotopic (exact) mass is 325 g/mol. The summed E-state index contributed by atoms with van der Waals surface area (Å²) < 4.78 is 0. The molecule has 1 aliphatic rings. The van der Waals surface area contributed by atoms with Gasteiger partial charge in [-0.3, -0.25) is 4.99 Å². The summed E-state index contributed by atoms with van der Waals surface area (Å²) in [7, 11) is 0. The second-order valence-corrected chi connectivity index (χ2v) is 5.76. The third-order valence-corrected chi connectivity index (χ3v) is 4.08. The van der Waals surface area contributed by atoms with Gasteiger partial charge in [0.25, 0.3) is 0 Å². The first-order valence-electron chi connectivity index (χ1n) is 7.05. The van der Waals surface area contributed by atoms with Gasteiger partial charge < -0.3 is 5.11 Å². The lowest BCUT2D eigenvalue weighted by atomic mass is 10.1. The molecule has 116 valence electrons. The zero-order valence-electron chi connectivity index (χ0n) is 12.5. The lowest BCUT2D eigenvalue weighted by molar-refractivity contribution is -0.129. The molecule has 1 N–H and O–H groups in total. The number of allylic oxidation sites excluding steroid dienone is 1. The van der Waals surface area contributed by atoms with Gasteiger partial charge in [0.15, 0.2) is 0 Å². The Morgan fingerprint density at radius 1 is 1.26 bits per heavy atom. The Morgan fingerprint density at radius 3 is 2.70 bits per heavy atom. The summed E-state index contributed by atoms with van der Waals surface area (Å²) in [6.07, 6.45) is 1.94. The molecular formula is C17H15N3O2S. The number of hydrogen-bond acceptors (Lipinski definition) is 5. The summed E-state index contributed by atoms with van der Waals surface area (Å²) >= 11 is 1.59. The molecule has 0 saturated heterocycles. The Labute approximate surface area is 137 Å². The van der Waals surface area contributed by atoms with Gasteiger partial charge in [-0.1, -0.05) is 30.3 Å². The molecule has 23 heavy (non-hydrogen) atoms. The van der Waals surface area contributed by atoms with Crippen molar-refractivity contribution in [2.75, 3.05) is 6.67 Å². The van der Waals surface area contributed by atoms with Crippen molar-refractivity contribution in [3.8, 4) is 0 Å². The number of carboxylic acids is 1. The Hall–Kier alpha value is -2.73. The second-order valence-electron chi connectivity index (χ2n) is 4.98. The maximum Gasteiger partial charge on any atom is 0.351 e. The van der Waals surface area contributed by atoms with E-state index in [1.807, 2.05) is 53.2 Å². The Kier molecular flexibility index (Phi) is 4.34. The third kappa shape index (κ3) is 3.37. The Balaban J connectivity index is 2.00. The largest absolute Gasteiger partial charge is 0.477 e. The maximum atomic E-state index is 11.0. The normalized spacial score (nSPS) is 15.2. The number of aliphatic carboxylic acids is 1. The van der Waals surface area contributed by atoms with E-state index < -0.39 is 5.97 Å². The first-order valence-corrected chi connectivity index (χ1v) is 7.99. The molecule has 1 aliphatic heterocycles. The molecule has 0 radical (unpaired) electrons. The average molecular weight is 325 g/mol. The fraction of sp³-hybridized carbons (Fsp3) is 0.118. The summed E-state index contributed by atoms with van der Waals surface area (Å²) in [6.45, 7) is 1.76. The standard InChI is InChI=1S/C17H15N3O2S/c1-12(17(21)22)19-20-11-18-15(13-5-3-2-4-6-13)9-16(20)14-7-8-23-10-14/h2-10H,11H2,1H3,(H,21,22)/b19-12+. The Bertz CT molecular complexity index is 793. The number of rotatable bonds is 4. The van der Waals surface area contributed by atoms with E-state index in [9.17, 15) is 4.79 Å². The van der Waals surface area contributed by atoms with Gasteiger partial charge in [0, 0.05) is 10.9 Å². The third-order valence-electron chi connectivity index (χ3n) is 3.39. The van der Waals surface area contributed by atoms with Crippen LogP contribution in [0.25, 0.3) is 5.70 Å². The molecule has 6 heteroatoms. The van der Waals surface area contributed by atoms with Crippen LogP contribution < -0.4 is 0 Å². The summed E-state index contributed by atoms with van der Waals surface area (Å²) in [4.78, 5) is 15.6. The lowest BCUT2D eigenvalue weighted by Crippen LogP contribution is -2.25. The van der Waals surface area contributed by atoms with Crippen LogP contribution in [0.2, 0.25) is 0 Å². The van der Waals surface area contributed by atoms with Crippen molar-refractivity contribution >= 4 is 34.4 Å². The number of nitrogens with zero attached hydrogens (tertiary/aromatic N) is 3. The van der Waals surface area contributed by atoms with Crippen molar-refractivity contribution in [3.05, 3.63) is 64.4 Å². The minimum Gasteiger partial charge on any atom is -0.477 e. The van der Waals surface area contributed by atoms with Crippen LogP contribution in [0.4, 0.5) is 0 Å². The highest BCUT2D eigenvalue weighted by Gasteiger charge is 2.19. The first kappa shape index (κ1) is 15.2. The van der Waals surface area contributed by atoms with Gasteiger partial charge in [0.05, 0.1) is 11.4 Å². The molecule has 1 aromatic carbocycles. The van der Waals surface area contributed by atoms with Gasteiger partial charge in [0.2, 0.25) is 0 Å². The molecule has 0 bridgehead atoms. The zero-order valence-corrected chi connectivity index (χ0v) is 13.3. The molecule has 5 nitrogen and oxygen atoms in total. The van der Waals surface area contributed by atoms with E-state index in [0.717, 1.165) is 22.5 Å². The van der Waals surface area contributed by atoms with Crippen molar-refractivity contribution in [3.63, 3.8) is 0 Å². The van der Waals surface area contributed by atoms with Crippen LogP contribution in [-0.4, -0.2) is 34.2 Å². The fourth-order valence-electron chi connectivity index (χ4n) is 2.20. The van der Waals surface area contributed by atoms with E-state index >= 15 is 0 Å². The van der Waals surface area contributed by atoms with Crippen molar-refractivity contribution in [2.45, 2.75) is 6.92 Å². The van der Waals surface area contributed by atoms with Crippen LogP contribution in [-0.2, 0) is 4.79 Å². The van der Waals surface area contributed by atoms with E-state index in [2.05, 4.69) is 10.1 Å². The molecule has 1 aromatic heterocycles. The van der Waals surface area contributed by atoms with Gasteiger partial charge in [0.1, 0.15) is 12.4 Å². The van der Waals surface area contributed by atoms with Crippen LogP contribution in [0.15, 0.2) is 63.3 Å². The predicted octanol–water partition coefficient (Wildman–Crippen LogP) is 3.31. The van der Waals surface area contributed by atoms with Gasteiger partial charge >= 0.3 is 5.97 Å². The fourth-order valence-corrected chi connectivity index (χ4v) is 2.85. The molecule has 2 aromatic rings. The van der Waals surface area contributed by atoms with E-state index in [0.29, 0.717) is 0 Å². The molecule has 0 saturated carbocycles. The quantitative estimate of drug-likeness (QED) is 0.877. The summed E-state index contributed by atoms with van der Waals surface area (Å²) in [5.41, 5.74) is 3.77. The second kappa shape index (κ2) is 6.58. The molecule has 0 amide bonds. The van der Waals surface area contributed by atoms with E-state index in [4.69, 9.17) is 5.11 Å². The Morgan fingerprint density at radius 2 is 2.04 bits per heavy atom. The van der Waals surface area contributed by atoms with Crippen molar-refractivity contribution in [1.29, 1.82) is 0 Å². The van der Waals surface area contributed by atoms with Crippen molar-refractivity contribution < 1.29 is 9.90 Å². The van der Waals surface area contributed by atoms with Crippen LogP contribution in [0.1, 0.15) is 18.1 Å². The van der Waals surface area contributed by atoms with Crippen LogP contribution in [0.5, 0.6) is 0 Å². The van der Waals surface area contributed by atoms with E-state index in [1.165, 1.54) is 6.92 Å². The molecule has 0 fully saturated rings. The highest BCUT2D eigenvalue weighted by Crippen LogP contribution is 2.26. The van der Waals surface area contributed by atoms with Crippen molar-refractivity contribution in [2.24, 2.45) is 10.1 Å². The number of aliphatic imine (C=N–C) groups is 1. The number of thiophene rings is 1. The zero-order chi connectivity index (χ0) is 16.2. The summed E-state index contributed by atoms with van der Waals surface area (Å²) in [6, 6.07) is 11.9. The number of hydrogen-bond donors (Lipinski definition) is 1. The van der Waals surface area contributed by atoms with Crippen molar-refractivity contribution in [1.82, 2.24) is 5.01 Å². The topological polar surface area (TPSA) is 65.3 Å². The summed E-state index contributed by atoms with van der Waals surface area (Å²) in [5, 5.41) is 18.8. The van der Waals surface area contributed by atoms with Crippen LogP contribution >= 0.6 is 11.3 Å². The highest BCUT2D eigenvalue weighted by atomic mass is 32.1. The number of benzene rings is 1. The first-order chi connectivity index (χ1) is 11.1. The van der Waals surface area contributed by atoms with Gasteiger partial charge in [-0.15, -0.1) is 0 Å². The van der Waals surface area contributed by atoms with Crippen LogP contribution in [0, 0.1) is 0 Å². The summed E-state index contributed by atoms with van der Waals surface area (Å²) in [5.74, 6) is -1.03. The number of carbonyl (C=O) groups is 1. The van der Waals surface area contributed by atoms with Gasteiger partial charge in [-0.25, -0.2) is 9.80 Å². The predicted molar refractivity (Wildman–Crippen MR) is 92.7 cm³/mol. The smallest absolute Gasteiger partial charge is 0.351 e. The number of hydrazone groups is 1. The van der Waals surface area contributed by atoms with Crippen LogP contribution in [0.3, 0.4) is 0 Å². The SMILES string of the molecule is C/C(=N\N1CN=C(c2ccccc2)C=C1c1ccsc1)C(=O)O. The molecule has 3 rings (SSSR count). The van der Waals surface area contributed by atoms with E-state index in [1.54, 1.807) is 16.3 Å². The minimum atomic E-state index is -1.03. The van der Waals surface area contributed by atoms with Gasteiger partial charge in [-0.05, 0) is 30.0 Å². The lowest BCUT2D eigenvalue weighted by Gasteiger charge is -2.24. The molecule has 0 atom stereocenters. The molecule has 0 spiro atoms. The average Bonchev–Trinajstić information content (AvgIpc) is 3.10. The maximum absolute atomic E-state index is 11.0. The van der Waals surface area contributed by atoms with E-state index in [-0.39, 0.29) is 12.4 Å². The minimum absolute atomic E-state index is 0.0319.